The number of hydrogen-bond donors (Lipinski definition) is 2. The molecule has 0 saturated carbocycles. The summed E-state index contributed by atoms with van der Waals surface area (Å²) < 4.78 is 25.8. The number of aromatic carboxylic acids is 1. The van der Waals surface area contributed by atoms with E-state index in [0.29, 0.717) is 16.9 Å². The number of thiophene rings is 1. The molecule has 0 aliphatic rings. The minimum absolute atomic E-state index is 0.0284. The molecular weight excluding hydrogens is 292 g/mol. The van der Waals surface area contributed by atoms with E-state index in [-0.39, 0.29) is 15.6 Å². The van der Waals surface area contributed by atoms with Crippen molar-refractivity contribution in [2.45, 2.75) is 11.1 Å². The van der Waals surface area contributed by atoms with E-state index in [9.17, 15) is 18.0 Å². The first-order valence-electron chi connectivity index (χ1n) is 5.18. The minimum atomic E-state index is -3.87. The van der Waals surface area contributed by atoms with Crippen LogP contribution in [-0.4, -0.2) is 50.9 Å². The van der Waals surface area contributed by atoms with Crippen LogP contribution in [0.25, 0.3) is 0 Å². The van der Waals surface area contributed by atoms with Gasteiger partial charge in [0.2, 0.25) is 5.91 Å². The summed E-state index contributed by atoms with van der Waals surface area (Å²) in [6.45, 7) is 1.15. The molecular formula is C10H14N2O5S2. The van der Waals surface area contributed by atoms with Crippen LogP contribution in [0.3, 0.4) is 0 Å². The molecule has 0 atom stereocenters. The number of carbonyl (C=O) groups is 2. The highest BCUT2D eigenvalue weighted by atomic mass is 32.2. The zero-order chi connectivity index (χ0) is 14.8. The summed E-state index contributed by atoms with van der Waals surface area (Å²) >= 11 is 0.660. The maximum Gasteiger partial charge on any atom is 0.346 e. The van der Waals surface area contributed by atoms with Crippen molar-refractivity contribution in [3.63, 3.8) is 0 Å². The fraction of sp³-hybridized carbons (Fsp3) is 0.400. The second-order valence-corrected chi connectivity index (χ2v) is 7.04. The number of rotatable bonds is 5. The maximum absolute atomic E-state index is 11.9. The fourth-order valence-corrected chi connectivity index (χ4v) is 3.58. The largest absolute Gasteiger partial charge is 0.477 e. The highest BCUT2D eigenvalue weighted by molar-refractivity contribution is 7.91. The highest BCUT2D eigenvalue weighted by Gasteiger charge is 2.22. The summed E-state index contributed by atoms with van der Waals surface area (Å²) in [5, 5.41) is 8.87. The first kappa shape index (κ1) is 15.6. The number of carboxylic acids is 1. The van der Waals surface area contributed by atoms with Gasteiger partial charge < -0.3 is 10.0 Å². The summed E-state index contributed by atoms with van der Waals surface area (Å²) in [6, 6.07) is 1.27. The predicted molar refractivity (Wildman–Crippen MR) is 69.9 cm³/mol. The number of nitrogens with zero attached hydrogens (tertiary/aromatic N) is 1. The molecule has 0 radical (unpaired) electrons. The number of amides is 1. The lowest BCUT2D eigenvalue weighted by Gasteiger charge is -2.10. The van der Waals surface area contributed by atoms with Crippen molar-refractivity contribution in [3.05, 3.63) is 16.5 Å². The Morgan fingerprint density at radius 2 is 2.00 bits per heavy atom. The predicted octanol–water partition coefficient (Wildman–Crippen LogP) is 0.121. The number of carbonyl (C=O) groups excluding carboxylic acids is 1. The summed E-state index contributed by atoms with van der Waals surface area (Å²) in [5.74, 6) is -1.57. The van der Waals surface area contributed by atoms with Crippen LogP contribution < -0.4 is 4.72 Å². The average Bonchev–Trinajstić information content (AvgIpc) is 2.69. The van der Waals surface area contributed by atoms with Gasteiger partial charge in [-0.1, -0.05) is 0 Å². The molecule has 0 fully saturated rings. The molecule has 1 aromatic rings. The fourth-order valence-electron chi connectivity index (χ4n) is 1.18. The Morgan fingerprint density at radius 1 is 1.42 bits per heavy atom. The van der Waals surface area contributed by atoms with Gasteiger partial charge >= 0.3 is 5.97 Å². The van der Waals surface area contributed by atoms with Crippen LogP contribution in [0.4, 0.5) is 0 Å². The molecule has 1 rings (SSSR count). The van der Waals surface area contributed by atoms with Crippen LogP contribution in [0.2, 0.25) is 0 Å². The topological polar surface area (TPSA) is 104 Å². The van der Waals surface area contributed by atoms with Crippen molar-refractivity contribution in [1.82, 2.24) is 9.62 Å². The second kappa shape index (κ2) is 5.68. The Hall–Kier alpha value is -1.45. The van der Waals surface area contributed by atoms with Gasteiger partial charge in [0.1, 0.15) is 9.09 Å². The molecule has 0 aliphatic carbocycles. The number of carboxylic acid groups (broad SMARTS) is 1. The van der Waals surface area contributed by atoms with E-state index in [1.165, 1.54) is 32.0 Å². The first-order valence-corrected chi connectivity index (χ1v) is 7.48. The van der Waals surface area contributed by atoms with Gasteiger partial charge in [0.15, 0.2) is 0 Å². The molecule has 0 unspecified atom stereocenters. The number of likely N-dealkylation sites (N-methyl/N-ethyl adjacent to an activating group) is 1. The molecule has 0 aromatic carbocycles. The van der Waals surface area contributed by atoms with E-state index in [1.807, 2.05) is 0 Å². The molecule has 19 heavy (non-hydrogen) atoms. The van der Waals surface area contributed by atoms with Gasteiger partial charge in [-0.15, -0.1) is 11.3 Å². The van der Waals surface area contributed by atoms with Gasteiger partial charge in [0.05, 0.1) is 6.54 Å². The van der Waals surface area contributed by atoms with Crippen LogP contribution in [0, 0.1) is 6.92 Å². The van der Waals surface area contributed by atoms with Gasteiger partial charge in [-0.3, -0.25) is 4.79 Å². The van der Waals surface area contributed by atoms with Gasteiger partial charge in [-0.25, -0.2) is 17.9 Å². The van der Waals surface area contributed by atoms with Crippen LogP contribution in [0.15, 0.2) is 10.3 Å². The third-order valence-electron chi connectivity index (χ3n) is 2.27. The van der Waals surface area contributed by atoms with Crippen LogP contribution in [0.1, 0.15) is 15.2 Å². The lowest BCUT2D eigenvalue weighted by Crippen LogP contribution is -2.35. The van der Waals surface area contributed by atoms with E-state index >= 15 is 0 Å². The van der Waals surface area contributed by atoms with E-state index in [2.05, 4.69) is 4.72 Å². The lowest BCUT2D eigenvalue weighted by atomic mass is 10.3. The van der Waals surface area contributed by atoms with E-state index in [0.717, 1.165) is 0 Å². The van der Waals surface area contributed by atoms with Crippen molar-refractivity contribution in [1.29, 1.82) is 0 Å². The molecule has 0 saturated heterocycles. The molecule has 0 aliphatic heterocycles. The smallest absolute Gasteiger partial charge is 0.346 e. The Bertz CT molecular complexity index is 603. The molecule has 7 nitrogen and oxygen atoms in total. The summed E-state index contributed by atoms with van der Waals surface area (Å²) in [6.07, 6.45) is 0. The number of aryl methyl sites for hydroxylation is 1. The van der Waals surface area contributed by atoms with Crippen molar-refractivity contribution in [2.24, 2.45) is 0 Å². The zero-order valence-electron chi connectivity index (χ0n) is 10.6. The van der Waals surface area contributed by atoms with E-state index in [1.54, 1.807) is 0 Å². The van der Waals surface area contributed by atoms with Gasteiger partial charge in [0, 0.05) is 14.1 Å². The molecule has 0 bridgehead atoms. The molecule has 9 heteroatoms. The molecule has 1 aromatic heterocycles. The maximum atomic E-state index is 11.9. The average molecular weight is 306 g/mol. The van der Waals surface area contributed by atoms with Gasteiger partial charge in [0.25, 0.3) is 10.0 Å². The van der Waals surface area contributed by atoms with Crippen molar-refractivity contribution < 1.29 is 23.1 Å². The molecule has 1 heterocycles. The van der Waals surface area contributed by atoms with Gasteiger partial charge in [-0.05, 0) is 18.6 Å². The Labute approximate surface area is 114 Å². The number of nitrogens with one attached hydrogen (secondary N) is 1. The van der Waals surface area contributed by atoms with Gasteiger partial charge in [-0.2, -0.15) is 0 Å². The molecule has 0 spiro atoms. The molecule has 106 valence electrons. The Morgan fingerprint density at radius 3 is 2.42 bits per heavy atom. The minimum Gasteiger partial charge on any atom is -0.477 e. The Kier molecular flexibility index (Phi) is 4.66. The quantitative estimate of drug-likeness (QED) is 0.804. The van der Waals surface area contributed by atoms with Crippen molar-refractivity contribution in [2.75, 3.05) is 20.6 Å². The van der Waals surface area contributed by atoms with Crippen molar-refractivity contribution in [3.8, 4) is 0 Å². The third kappa shape index (κ3) is 3.75. The SMILES string of the molecule is Cc1cc(S(=O)(=O)NCC(=O)N(C)C)sc1C(=O)O. The summed E-state index contributed by atoms with van der Waals surface area (Å²) in [7, 11) is -0.850. The molecule has 2 N–H and O–H groups in total. The lowest BCUT2D eigenvalue weighted by molar-refractivity contribution is -0.127. The van der Waals surface area contributed by atoms with E-state index < -0.39 is 21.9 Å². The Balaban J connectivity index is 2.92. The number of hydrogen-bond acceptors (Lipinski definition) is 5. The zero-order valence-corrected chi connectivity index (χ0v) is 12.3. The molecule has 1 amide bonds. The summed E-state index contributed by atoms with van der Waals surface area (Å²) in [5.41, 5.74) is 0.372. The summed E-state index contributed by atoms with van der Waals surface area (Å²) in [4.78, 5) is 23.4. The normalized spacial score (nSPS) is 11.3. The van der Waals surface area contributed by atoms with Crippen LogP contribution in [0.5, 0.6) is 0 Å². The highest BCUT2D eigenvalue weighted by Crippen LogP contribution is 2.25. The van der Waals surface area contributed by atoms with Crippen LogP contribution in [-0.2, 0) is 14.8 Å². The van der Waals surface area contributed by atoms with Crippen molar-refractivity contribution >= 4 is 33.2 Å². The second-order valence-electron chi connectivity index (χ2n) is 4.00. The number of sulfonamides is 1. The van der Waals surface area contributed by atoms with E-state index in [4.69, 9.17) is 5.11 Å². The van der Waals surface area contributed by atoms with Crippen LogP contribution >= 0.6 is 11.3 Å². The third-order valence-corrected chi connectivity index (χ3v) is 5.37. The first-order chi connectivity index (χ1) is 8.65. The standard InChI is InChI=1S/C10H14N2O5S2/c1-6-4-8(18-9(6)10(14)15)19(16,17)11-5-7(13)12(2)3/h4,11H,5H2,1-3H3,(H,14,15). The monoisotopic (exact) mass is 306 g/mol.